The zero-order valence-electron chi connectivity index (χ0n) is 12.3. The minimum atomic E-state index is -0.101. The predicted octanol–water partition coefficient (Wildman–Crippen LogP) is 3.05. The predicted molar refractivity (Wildman–Crippen MR) is 78.2 cm³/mol. The molecule has 1 heterocycles. The molecular formula is C16H23NO3. The molecule has 0 spiro atoms. The summed E-state index contributed by atoms with van der Waals surface area (Å²) in [6, 6.07) is 5.04. The third-order valence-corrected chi connectivity index (χ3v) is 4.05. The van der Waals surface area contributed by atoms with E-state index in [9.17, 15) is 9.90 Å². The molecule has 1 aromatic carbocycles. The molecular weight excluding hydrogens is 254 g/mol. The van der Waals surface area contributed by atoms with E-state index in [0.717, 1.165) is 31.8 Å². The molecule has 0 aromatic heterocycles. The molecule has 1 saturated heterocycles. The first-order valence-electron chi connectivity index (χ1n) is 7.32. The van der Waals surface area contributed by atoms with Gasteiger partial charge in [-0.2, -0.15) is 0 Å². The van der Waals surface area contributed by atoms with E-state index < -0.39 is 0 Å². The topological polar surface area (TPSA) is 49.8 Å². The molecule has 1 aliphatic rings. The molecule has 110 valence electrons. The second-order valence-corrected chi connectivity index (χ2v) is 5.38. The van der Waals surface area contributed by atoms with Crippen LogP contribution in [0.2, 0.25) is 0 Å². The molecule has 1 aromatic rings. The van der Waals surface area contributed by atoms with E-state index >= 15 is 0 Å². The average Bonchev–Trinajstić information content (AvgIpc) is 2.48. The second-order valence-electron chi connectivity index (χ2n) is 5.38. The molecule has 4 heteroatoms. The molecule has 1 N–H and O–H groups in total. The van der Waals surface area contributed by atoms with Crippen molar-refractivity contribution in [1.29, 1.82) is 0 Å². The molecule has 0 radical (unpaired) electrons. The van der Waals surface area contributed by atoms with Gasteiger partial charge in [0.05, 0.1) is 12.7 Å². The lowest BCUT2D eigenvalue weighted by molar-refractivity contribution is 0.0683. The Hall–Kier alpha value is -1.71. The van der Waals surface area contributed by atoms with Crippen molar-refractivity contribution in [2.24, 2.45) is 5.92 Å². The van der Waals surface area contributed by atoms with Gasteiger partial charge in [0.2, 0.25) is 0 Å². The summed E-state index contributed by atoms with van der Waals surface area (Å²) in [4.78, 5) is 14.3. The lowest BCUT2D eigenvalue weighted by Crippen LogP contribution is -2.38. The number of carbonyl (C=O) groups excluding carboxylic acids is 1. The third kappa shape index (κ3) is 3.06. The number of hydrogen-bond acceptors (Lipinski definition) is 3. The molecule has 0 bridgehead atoms. The maximum atomic E-state index is 12.5. The Morgan fingerprint density at radius 1 is 1.40 bits per heavy atom. The summed E-state index contributed by atoms with van der Waals surface area (Å²) in [7, 11) is 1.49. The van der Waals surface area contributed by atoms with Crippen LogP contribution in [-0.2, 0) is 0 Å². The van der Waals surface area contributed by atoms with Gasteiger partial charge in [0, 0.05) is 13.1 Å². The number of piperidine rings is 1. The summed E-state index contributed by atoms with van der Waals surface area (Å²) in [5, 5.41) is 10.1. The fraction of sp³-hybridized carbons (Fsp3) is 0.562. The van der Waals surface area contributed by atoms with Crippen molar-refractivity contribution in [2.75, 3.05) is 20.2 Å². The first-order chi connectivity index (χ1) is 9.67. The number of methoxy groups -OCH3 is 1. The van der Waals surface area contributed by atoms with Crippen LogP contribution in [0.25, 0.3) is 0 Å². The van der Waals surface area contributed by atoms with Crippen LogP contribution in [0.3, 0.4) is 0 Å². The van der Waals surface area contributed by atoms with Crippen LogP contribution in [0.4, 0.5) is 0 Å². The van der Waals surface area contributed by atoms with E-state index in [1.54, 1.807) is 18.2 Å². The summed E-state index contributed by atoms with van der Waals surface area (Å²) < 4.78 is 5.05. The normalized spacial score (nSPS) is 16.2. The Bertz CT molecular complexity index is 465. The summed E-state index contributed by atoms with van der Waals surface area (Å²) in [6.07, 6.45) is 4.57. The van der Waals surface area contributed by atoms with E-state index in [4.69, 9.17) is 4.74 Å². The van der Waals surface area contributed by atoms with Crippen molar-refractivity contribution in [3.63, 3.8) is 0 Å². The maximum Gasteiger partial charge on any atom is 0.257 e. The number of likely N-dealkylation sites (tertiary alicyclic amines) is 1. The molecule has 0 atom stereocenters. The van der Waals surface area contributed by atoms with Crippen LogP contribution in [0, 0.1) is 5.92 Å². The quantitative estimate of drug-likeness (QED) is 0.920. The molecule has 0 aliphatic carbocycles. The first-order valence-corrected chi connectivity index (χ1v) is 7.32. The van der Waals surface area contributed by atoms with Crippen LogP contribution in [0.1, 0.15) is 43.0 Å². The number of amides is 1. The Morgan fingerprint density at radius 3 is 2.70 bits per heavy atom. The maximum absolute atomic E-state index is 12.5. The van der Waals surface area contributed by atoms with Crippen molar-refractivity contribution in [3.8, 4) is 11.5 Å². The van der Waals surface area contributed by atoms with Gasteiger partial charge in [-0.1, -0.05) is 25.8 Å². The van der Waals surface area contributed by atoms with Gasteiger partial charge >= 0.3 is 0 Å². The highest BCUT2D eigenvalue weighted by molar-refractivity contribution is 5.97. The summed E-state index contributed by atoms with van der Waals surface area (Å²) >= 11 is 0. The van der Waals surface area contributed by atoms with Gasteiger partial charge in [-0.05, 0) is 30.9 Å². The molecule has 1 amide bonds. The summed E-state index contributed by atoms with van der Waals surface area (Å²) in [5.74, 6) is 0.923. The fourth-order valence-corrected chi connectivity index (χ4v) is 2.86. The Morgan fingerprint density at radius 2 is 2.10 bits per heavy atom. The number of benzene rings is 1. The number of phenols is 1. The van der Waals surface area contributed by atoms with Gasteiger partial charge in [0.15, 0.2) is 11.5 Å². The standard InChI is InChI=1S/C16H23NO3/c1-3-5-12-8-10-17(11-9-12)16(19)13-6-4-7-14(20-2)15(13)18/h4,6-7,12,18H,3,5,8-11H2,1-2H3. The minimum absolute atomic E-state index is 0.0596. The van der Waals surface area contributed by atoms with Crippen LogP contribution < -0.4 is 4.74 Å². The van der Waals surface area contributed by atoms with E-state index in [1.165, 1.54) is 20.0 Å². The van der Waals surface area contributed by atoms with Gasteiger partial charge in [-0.15, -0.1) is 0 Å². The lowest BCUT2D eigenvalue weighted by Gasteiger charge is -2.32. The van der Waals surface area contributed by atoms with Crippen molar-refractivity contribution in [2.45, 2.75) is 32.6 Å². The van der Waals surface area contributed by atoms with E-state index in [2.05, 4.69) is 6.92 Å². The Labute approximate surface area is 120 Å². The molecule has 2 rings (SSSR count). The number of aromatic hydroxyl groups is 1. The molecule has 4 nitrogen and oxygen atoms in total. The number of phenolic OH excluding ortho intramolecular Hbond substituents is 1. The van der Waals surface area contributed by atoms with Gasteiger partial charge in [0.25, 0.3) is 5.91 Å². The fourth-order valence-electron chi connectivity index (χ4n) is 2.86. The number of rotatable bonds is 4. The van der Waals surface area contributed by atoms with E-state index in [1.807, 2.05) is 4.90 Å². The molecule has 1 aliphatic heterocycles. The first kappa shape index (κ1) is 14.7. The van der Waals surface area contributed by atoms with Gasteiger partial charge in [-0.25, -0.2) is 0 Å². The third-order valence-electron chi connectivity index (χ3n) is 4.05. The largest absolute Gasteiger partial charge is 0.504 e. The van der Waals surface area contributed by atoms with E-state index in [-0.39, 0.29) is 11.7 Å². The van der Waals surface area contributed by atoms with Crippen LogP contribution in [-0.4, -0.2) is 36.1 Å². The van der Waals surface area contributed by atoms with Gasteiger partial charge in [-0.3, -0.25) is 4.79 Å². The van der Waals surface area contributed by atoms with Gasteiger partial charge < -0.3 is 14.7 Å². The number of hydrogen-bond donors (Lipinski definition) is 1. The highest BCUT2D eigenvalue weighted by atomic mass is 16.5. The SMILES string of the molecule is CCCC1CCN(C(=O)c2cccc(OC)c2O)CC1. The number of nitrogens with zero attached hydrogens (tertiary/aromatic N) is 1. The highest BCUT2D eigenvalue weighted by Gasteiger charge is 2.25. The summed E-state index contributed by atoms with van der Waals surface area (Å²) in [6.45, 7) is 3.76. The molecule has 20 heavy (non-hydrogen) atoms. The van der Waals surface area contributed by atoms with Crippen LogP contribution in [0.15, 0.2) is 18.2 Å². The minimum Gasteiger partial charge on any atom is -0.504 e. The average molecular weight is 277 g/mol. The smallest absolute Gasteiger partial charge is 0.257 e. The molecule has 0 unspecified atom stereocenters. The lowest BCUT2D eigenvalue weighted by atomic mass is 9.92. The number of carbonyl (C=O) groups is 1. The van der Waals surface area contributed by atoms with Crippen LogP contribution >= 0.6 is 0 Å². The molecule has 1 fully saturated rings. The molecule has 0 saturated carbocycles. The van der Waals surface area contributed by atoms with Gasteiger partial charge in [0.1, 0.15) is 0 Å². The van der Waals surface area contributed by atoms with Crippen molar-refractivity contribution < 1.29 is 14.6 Å². The Balaban J connectivity index is 2.06. The zero-order chi connectivity index (χ0) is 14.5. The zero-order valence-corrected chi connectivity index (χ0v) is 12.3. The monoisotopic (exact) mass is 277 g/mol. The van der Waals surface area contributed by atoms with Crippen molar-refractivity contribution in [3.05, 3.63) is 23.8 Å². The van der Waals surface area contributed by atoms with E-state index in [0.29, 0.717) is 11.3 Å². The second kappa shape index (κ2) is 6.64. The van der Waals surface area contributed by atoms with Crippen LogP contribution in [0.5, 0.6) is 11.5 Å². The Kier molecular flexibility index (Phi) is 4.88. The summed E-state index contributed by atoms with van der Waals surface area (Å²) in [5.41, 5.74) is 0.332. The highest BCUT2D eigenvalue weighted by Crippen LogP contribution is 2.31. The number of ether oxygens (including phenoxy) is 1. The van der Waals surface area contributed by atoms with Crippen molar-refractivity contribution >= 4 is 5.91 Å². The van der Waals surface area contributed by atoms with Crippen molar-refractivity contribution in [1.82, 2.24) is 4.90 Å². The number of para-hydroxylation sites is 1.